The summed E-state index contributed by atoms with van der Waals surface area (Å²) in [6, 6.07) is 16.8. The molecule has 170 valence electrons. The number of ether oxygens (including phenoxy) is 1. The topological polar surface area (TPSA) is 49.8 Å². The Kier molecular flexibility index (Phi) is 9.28. The van der Waals surface area contributed by atoms with E-state index in [-0.39, 0.29) is 18.5 Å². The van der Waals surface area contributed by atoms with Crippen LogP contribution in [0.3, 0.4) is 0 Å². The molecular weight excluding hydrogens is 454 g/mol. The molecule has 2 aromatic carbocycles. The summed E-state index contributed by atoms with van der Waals surface area (Å²) < 4.78 is 5.05. The normalized spacial score (nSPS) is 13.1. The fraction of sp³-hybridized carbons (Fsp3) is 0.500. The molecule has 0 heterocycles. The average molecular weight is 490 g/mol. The second-order valence-corrected chi connectivity index (χ2v) is 11.1. The second-order valence-electron chi connectivity index (χ2n) is 9.07. The summed E-state index contributed by atoms with van der Waals surface area (Å²) in [4.78, 5) is 15.1. The first-order valence-corrected chi connectivity index (χ1v) is 11.8. The number of alkyl halides is 1. The molecular formula is C26H36BrNO3. The van der Waals surface area contributed by atoms with Gasteiger partial charge in [-0.3, -0.25) is 9.69 Å². The van der Waals surface area contributed by atoms with Crippen LogP contribution in [0.15, 0.2) is 48.5 Å². The van der Waals surface area contributed by atoms with E-state index in [9.17, 15) is 9.90 Å². The standard InChI is InChI=1S/C26H36BrNO3/c1-18(2)28(19(3)4)15-14-22(21-10-8-7-9-11-21)23-16-20(17-29)12-13-24(23)31-25(30)26(5,6)27/h7-13,16,18-19,22,29H,14-15,17H2,1-6H3/t22-/m1/s1. The fourth-order valence-electron chi connectivity index (χ4n) is 3.86. The van der Waals surface area contributed by atoms with E-state index in [1.54, 1.807) is 19.9 Å². The maximum atomic E-state index is 12.6. The average Bonchev–Trinajstić information content (AvgIpc) is 2.71. The zero-order chi connectivity index (χ0) is 23.2. The number of benzene rings is 2. The van der Waals surface area contributed by atoms with Crippen LogP contribution in [0.2, 0.25) is 0 Å². The van der Waals surface area contributed by atoms with Gasteiger partial charge in [0.2, 0.25) is 0 Å². The van der Waals surface area contributed by atoms with Crippen molar-refractivity contribution >= 4 is 21.9 Å². The molecule has 0 spiro atoms. The van der Waals surface area contributed by atoms with E-state index in [1.165, 1.54) is 5.56 Å². The Morgan fingerprint density at radius 3 is 2.19 bits per heavy atom. The largest absolute Gasteiger partial charge is 0.425 e. The molecule has 0 aliphatic heterocycles. The number of aliphatic hydroxyl groups is 1. The van der Waals surface area contributed by atoms with Gasteiger partial charge in [-0.05, 0) is 77.8 Å². The van der Waals surface area contributed by atoms with Gasteiger partial charge in [-0.25, -0.2) is 0 Å². The van der Waals surface area contributed by atoms with Crippen molar-refractivity contribution in [2.75, 3.05) is 6.54 Å². The Morgan fingerprint density at radius 2 is 1.68 bits per heavy atom. The summed E-state index contributed by atoms with van der Waals surface area (Å²) in [6.07, 6.45) is 0.873. The molecule has 0 saturated carbocycles. The maximum absolute atomic E-state index is 12.6. The quantitative estimate of drug-likeness (QED) is 0.256. The van der Waals surface area contributed by atoms with E-state index >= 15 is 0 Å². The van der Waals surface area contributed by atoms with Crippen LogP contribution in [0.4, 0.5) is 0 Å². The molecule has 31 heavy (non-hydrogen) atoms. The Labute approximate surface area is 195 Å². The summed E-state index contributed by atoms with van der Waals surface area (Å²) in [6.45, 7) is 13.3. The van der Waals surface area contributed by atoms with Gasteiger partial charge in [0.1, 0.15) is 10.1 Å². The smallest absolute Gasteiger partial charge is 0.327 e. The number of carbonyl (C=O) groups is 1. The highest BCUT2D eigenvalue weighted by Crippen LogP contribution is 2.37. The zero-order valence-electron chi connectivity index (χ0n) is 19.6. The number of esters is 1. The van der Waals surface area contributed by atoms with Gasteiger partial charge in [0, 0.05) is 23.6 Å². The molecule has 1 atom stereocenters. The molecule has 4 nitrogen and oxygen atoms in total. The van der Waals surface area contributed by atoms with Gasteiger partial charge >= 0.3 is 5.97 Å². The number of hydrogen-bond donors (Lipinski definition) is 1. The molecule has 0 radical (unpaired) electrons. The Bertz CT molecular complexity index is 835. The highest BCUT2D eigenvalue weighted by atomic mass is 79.9. The van der Waals surface area contributed by atoms with Crippen LogP contribution in [0.1, 0.15) is 70.6 Å². The lowest BCUT2D eigenvalue weighted by Gasteiger charge is -2.32. The molecule has 1 N–H and O–H groups in total. The SMILES string of the molecule is CC(C)N(CC[C@H](c1ccccc1)c1cc(CO)ccc1OC(=O)C(C)(C)Br)C(C)C. The van der Waals surface area contributed by atoms with E-state index < -0.39 is 4.32 Å². The number of rotatable bonds is 10. The summed E-state index contributed by atoms with van der Waals surface area (Å²) in [5, 5.41) is 9.76. The molecule has 0 fully saturated rings. The summed E-state index contributed by atoms with van der Waals surface area (Å²) in [7, 11) is 0. The molecule has 0 bridgehead atoms. The minimum absolute atomic E-state index is 0.0361. The Balaban J connectivity index is 2.50. The highest BCUT2D eigenvalue weighted by molar-refractivity contribution is 9.10. The van der Waals surface area contributed by atoms with Crippen LogP contribution in [0.25, 0.3) is 0 Å². The van der Waals surface area contributed by atoms with Crippen LogP contribution < -0.4 is 4.74 Å². The lowest BCUT2D eigenvalue weighted by Crippen LogP contribution is -2.38. The van der Waals surface area contributed by atoms with Crippen molar-refractivity contribution in [1.29, 1.82) is 0 Å². The highest BCUT2D eigenvalue weighted by Gasteiger charge is 2.29. The van der Waals surface area contributed by atoms with E-state index in [2.05, 4.69) is 60.7 Å². The van der Waals surface area contributed by atoms with E-state index in [0.29, 0.717) is 17.8 Å². The predicted molar refractivity (Wildman–Crippen MR) is 131 cm³/mol. The number of halogens is 1. The number of nitrogens with zero attached hydrogens (tertiary/aromatic N) is 1. The first-order valence-electron chi connectivity index (χ1n) is 11.0. The summed E-state index contributed by atoms with van der Waals surface area (Å²) >= 11 is 3.40. The first kappa shape index (κ1) is 25.6. The van der Waals surface area contributed by atoms with Crippen molar-refractivity contribution in [1.82, 2.24) is 4.90 Å². The number of hydrogen-bond acceptors (Lipinski definition) is 4. The monoisotopic (exact) mass is 489 g/mol. The predicted octanol–water partition coefficient (Wildman–Crippen LogP) is 5.90. The second kappa shape index (κ2) is 11.3. The molecule has 2 rings (SSSR count). The summed E-state index contributed by atoms with van der Waals surface area (Å²) in [5.41, 5.74) is 2.90. The van der Waals surface area contributed by atoms with Crippen LogP contribution in [0.5, 0.6) is 5.75 Å². The van der Waals surface area contributed by atoms with Gasteiger partial charge < -0.3 is 9.84 Å². The lowest BCUT2D eigenvalue weighted by atomic mass is 9.86. The fourth-order valence-corrected chi connectivity index (χ4v) is 3.94. The zero-order valence-corrected chi connectivity index (χ0v) is 21.1. The number of carbonyl (C=O) groups excluding carboxylic acids is 1. The third-order valence-corrected chi connectivity index (χ3v) is 5.85. The Morgan fingerprint density at radius 1 is 1.06 bits per heavy atom. The third kappa shape index (κ3) is 7.16. The molecule has 0 aliphatic rings. The van der Waals surface area contributed by atoms with Gasteiger partial charge in [-0.15, -0.1) is 0 Å². The van der Waals surface area contributed by atoms with Crippen LogP contribution in [0, 0.1) is 0 Å². The van der Waals surface area contributed by atoms with E-state index in [0.717, 1.165) is 24.1 Å². The summed E-state index contributed by atoms with van der Waals surface area (Å²) in [5.74, 6) is 0.237. The molecule has 0 amide bonds. The minimum Gasteiger partial charge on any atom is -0.425 e. The van der Waals surface area contributed by atoms with Crippen LogP contribution in [-0.4, -0.2) is 38.9 Å². The molecule has 0 aromatic heterocycles. The lowest BCUT2D eigenvalue weighted by molar-refractivity contribution is -0.136. The van der Waals surface area contributed by atoms with Gasteiger partial charge in [0.15, 0.2) is 0 Å². The van der Waals surface area contributed by atoms with Crippen molar-refractivity contribution < 1.29 is 14.6 Å². The van der Waals surface area contributed by atoms with Gasteiger partial charge in [0.25, 0.3) is 0 Å². The van der Waals surface area contributed by atoms with Crippen molar-refractivity contribution in [2.24, 2.45) is 0 Å². The van der Waals surface area contributed by atoms with Crippen molar-refractivity contribution in [3.8, 4) is 5.75 Å². The number of aliphatic hydroxyl groups excluding tert-OH is 1. The minimum atomic E-state index is -0.783. The van der Waals surface area contributed by atoms with E-state index in [4.69, 9.17) is 4.74 Å². The molecule has 5 heteroatoms. The molecule has 2 aromatic rings. The van der Waals surface area contributed by atoms with Gasteiger partial charge in [-0.1, -0.05) is 52.3 Å². The molecule has 0 aliphatic carbocycles. The van der Waals surface area contributed by atoms with Crippen LogP contribution >= 0.6 is 15.9 Å². The van der Waals surface area contributed by atoms with Crippen molar-refractivity contribution in [3.05, 3.63) is 65.2 Å². The van der Waals surface area contributed by atoms with E-state index in [1.807, 2.05) is 30.3 Å². The molecule has 0 unspecified atom stereocenters. The first-order chi connectivity index (χ1) is 14.5. The molecule has 0 saturated heterocycles. The third-order valence-electron chi connectivity index (χ3n) is 5.52. The van der Waals surface area contributed by atoms with Gasteiger partial charge in [0.05, 0.1) is 6.61 Å². The van der Waals surface area contributed by atoms with Crippen molar-refractivity contribution in [3.63, 3.8) is 0 Å². The maximum Gasteiger partial charge on any atom is 0.327 e. The van der Waals surface area contributed by atoms with Crippen molar-refractivity contribution in [2.45, 2.75) is 76.9 Å². The van der Waals surface area contributed by atoms with Gasteiger partial charge in [-0.2, -0.15) is 0 Å². The Hall–Kier alpha value is -1.69. The van der Waals surface area contributed by atoms with Crippen LogP contribution in [-0.2, 0) is 11.4 Å².